The van der Waals surface area contributed by atoms with Crippen LogP contribution in [0.1, 0.15) is 0 Å². The first-order valence-corrected chi connectivity index (χ1v) is 10.8. The summed E-state index contributed by atoms with van der Waals surface area (Å²) >= 11 is 0. The topological polar surface area (TPSA) is 25.2 Å². The second kappa shape index (κ2) is 7.75. The van der Waals surface area contributed by atoms with Crippen LogP contribution in [0.3, 0.4) is 0 Å². The van der Waals surface area contributed by atoms with Crippen LogP contribution < -0.4 is 5.32 Å². The molecule has 0 aliphatic rings. The summed E-state index contributed by atoms with van der Waals surface area (Å²) in [7, 11) is 0. The van der Waals surface area contributed by atoms with Gasteiger partial charge in [0.1, 0.15) is 11.2 Å². The van der Waals surface area contributed by atoms with E-state index in [0.29, 0.717) is 0 Å². The van der Waals surface area contributed by atoms with Crippen LogP contribution in [0.2, 0.25) is 0 Å². The van der Waals surface area contributed by atoms with Crippen LogP contribution in [0, 0.1) is 0 Å². The molecule has 1 aromatic heterocycles. The Bertz CT molecular complexity index is 1530. The number of benzene rings is 5. The summed E-state index contributed by atoms with van der Waals surface area (Å²) in [5.41, 5.74) is 8.76. The SMILES string of the molecule is c1ccc(-c2ccccc2-c2ccc(Nc3ccc4c(c3)oc3ccccc34)cc2)cc1. The molecule has 6 rings (SSSR count). The minimum absolute atomic E-state index is 0.893. The quantitative estimate of drug-likeness (QED) is 0.314. The van der Waals surface area contributed by atoms with Gasteiger partial charge < -0.3 is 9.73 Å². The average Bonchev–Trinajstić information content (AvgIpc) is 3.23. The van der Waals surface area contributed by atoms with Gasteiger partial charge in [-0.2, -0.15) is 0 Å². The first kappa shape index (κ1) is 18.5. The predicted molar refractivity (Wildman–Crippen MR) is 134 cm³/mol. The minimum atomic E-state index is 0.893. The highest BCUT2D eigenvalue weighted by molar-refractivity contribution is 6.05. The van der Waals surface area contributed by atoms with Gasteiger partial charge in [0, 0.05) is 28.2 Å². The van der Waals surface area contributed by atoms with E-state index in [1.807, 2.05) is 18.2 Å². The maximum atomic E-state index is 6.02. The molecule has 0 spiro atoms. The molecule has 0 fully saturated rings. The lowest BCUT2D eigenvalue weighted by Gasteiger charge is -2.12. The Balaban J connectivity index is 1.30. The zero-order chi connectivity index (χ0) is 21.3. The van der Waals surface area contributed by atoms with E-state index in [1.54, 1.807) is 0 Å². The fourth-order valence-corrected chi connectivity index (χ4v) is 4.31. The largest absolute Gasteiger partial charge is 0.456 e. The second-order valence-corrected chi connectivity index (χ2v) is 7.92. The third-order valence-corrected chi connectivity index (χ3v) is 5.88. The van der Waals surface area contributed by atoms with E-state index in [-0.39, 0.29) is 0 Å². The highest BCUT2D eigenvalue weighted by Crippen LogP contribution is 2.34. The van der Waals surface area contributed by atoms with E-state index >= 15 is 0 Å². The Hall–Kier alpha value is -4.30. The molecule has 0 saturated heterocycles. The Morgan fingerprint density at radius 3 is 1.81 bits per heavy atom. The van der Waals surface area contributed by atoms with E-state index in [9.17, 15) is 0 Å². The molecule has 0 aliphatic carbocycles. The van der Waals surface area contributed by atoms with Crippen LogP contribution in [-0.2, 0) is 0 Å². The second-order valence-electron chi connectivity index (χ2n) is 7.92. The van der Waals surface area contributed by atoms with E-state index in [1.165, 1.54) is 22.3 Å². The lowest BCUT2D eigenvalue weighted by atomic mass is 9.94. The standard InChI is InChI=1S/C30H21NO/c1-2-8-21(9-3-1)25-10-4-5-11-26(25)22-14-16-23(17-15-22)31-24-18-19-28-27-12-6-7-13-29(27)32-30(28)20-24/h1-20,31H. The van der Waals surface area contributed by atoms with E-state index in [4.69, 9.17) is 4.42 Å². The normalized spacial score (nSPS) is 11.1. The summed E-state index contributed by atoms with van der Waals surface area (Å²) in [4.78, 5) is 0. The number of furan rings is 1. The summed E-state index contributed by atoms with van der Waals surface area (Å²) in [5, 5.41) is 5.79. The van der Waals surface area contributed by atoms with Gasteiger partial charge in [0.15, 0.2) is 0 Å². The van der Waals surface area contributed by atoms with Gasteiger partial charge in [0.2, 0.25) is 0 Å². The fraction of sp³-hybridized carbons (Fsp3) is 0. The molecule has 152 valence electrons. The van der Waals surface area contributed by atoms with Crippen LogP contribution in [0.5, 0.6) is 0 Å². The minimum Gasteiger partial charge on any atom is -0.456 e. The van der Waals surface area contributed by atoms with Crippen molar-refractivity contribution >= 4 is 33.3 Å². The maximum Gasteiger partial charge on any atom is 0.137 e. The third-order valence-electron chi connectivity index (χ3n) is 5.88. The average molecular weight is 412 g/mol. The zero-order valence-electron chi connectivity index (χ0n) is 17.5. The molecule has 2 nitrogen and oxygen atoms in total. The molecule has 0 bridgehead atoms. The fourth-order valence-electron chi connectivity index (χ4n) is 4.31. The first-order valence-electron chi connectivity index (χ1n) is 10.8. The molecule has 5 aromatic carbocycles. The van der Waals surface area contributed by atoms with Gasteiger partial charge in [-0.25, -0.2) is 0 Å². The van der Waals surface area contributed by atoms with Crippen molar-refractivity contribution in [3.05, 3.63) is 121 Å². The molecule has 0 aliphatic heterocycles. The molecule has 0 radical (unpaired) electrons. The Kier molecular flexibility index (Phi) is 4.47. The van der Waals surface area contributed by atoms with Crippen LogP contribution in [0.4, 0.5) is 11.4 Å². The van der Waals surface area contributed by atoms with Crippen molar-refractivity contribution < 1.29 is 4.42 Å². The molecule has 0 amide bonds. The van der Waals surface area contributed by atoms with Crippen molar-refractivity contribution in [2.24, 2.45) is 0 Å². The summed E-state index contributed by atoms with van der Waals surface area (Å²) in [6.07, 6.45) is 0. The molecule has 2 heteroatoms. The van der Waals surface area contributed by atoms with Gasteiger partial charge in [0.05, 0.1) is 0 Å². The van der Waals surface area contributed by atoms with E-state index in [2.05, 4.69) is 108 Å². The van der Waals surface area contributed by atoms with Gasteiger partial charge in [-0.05, 0) is 52.6 Å². The molecule has 1 N–H and O–H groups in total. The van der Waals surface area contributed by atoms with Gasteiger partial charge in [-0.3, -0.25) is 0 Å². The summed E-state index contributed by atoms with van der Waals surface area (Å²) in [6, 6.07) is 42.1. The first-order chi connectivity index (χ1) is 15.8. The van der Waals surface area contributed by atoms with Gasteiger partial charge in [-0.1, -0.05) is 84.9 Å². The molecular formula is C30H21NO. The highest BCUT2D eigenvalue weighted by atomic mass is 16.3. The van der Waals surface area contributed by atoms with Crippen molar-refractivity contribution in [3.8, 4) is 22.3 Å². The highest BCUT2D eigenvalue weighted by Gasteiger charge is 2.09. The molecule has 6 aromatic rings. The van der Waals surface area contributed by atoms with Gasteiger partial charge in [-0.15, -0.1) is 0 Å². The van der Waals surface area contributed by atoms with Crippen molar-refractivity contribution in [1.29, 1.82) is 0 Å². The van der Waals surface area contributed by atoms with Crippen molar-refractivity contribution in [3.63, 3.8) is 0 Å². The Labute approximate surface area is 186 Å². The molecule has 1 heterocycles. The van der Waals surface area contributed by atoms with Gasteiger partial charge >= 0.3 is 0 Å². The molecule has 0 atom stereocenters. The Morgan fingerprint density at radius 2 is 1.03 bits per heavy atom. The van der Waals surface area contributed by atoms with Crippen LogP contribution in [0.15, 0.2) is 126 Å². The number of anilines is 2. The number of fused-ring (bicyclic) bond motifs is 3. The number of hydrogen-bond acceptors (Lipinski definition) is 2. The van der Waals surface area contributed by atoms with Crippen LogP contribution >= 0.6 is 0 Å². The van der Waals surface area contributed by atoms with Crippen molar-refractivity contribution in [2.45, 2.75) is 0 Å². The number of hydrogen-bond donors (Lipinski definition) is 1. The van der Waals surface area contributed by atoms with Gasteiger partial charge in [0.25, 0.3) is 0 Å². The van der Waals surface area contributed by atoms with E-state index in [0.717, 1.165) is 33.3 Å². The molecule has 32 heavy (non-hydrogen) atoms. The smallest absolute Gasteiger partial charge is 0.137 e. The monoisotopic (exact) mass is 411 g/mol. The summed E-state index contributed by atoms with van der Waals surface area (Å²) < 4.78 is 6.02. The zero-order valence-corrected chi connectivity index (χ0v) is 17.5. The lowest BCUT2D eigenvalue weighted by molar-refractivity contribution is 0.669. The van der Waals surface area contributed by atoms with E-state index < -0.39 is 0 Å². The van der Waals surface area contributed by atoms with Crippen molar-refractivity contribution in [2.75, 3.05) is 5.32 Å². The van der Waals surface area contributed by atoms with Crippen LogP contribution in [-0.4, -0.2) is 0 Å². The Morgan fingerprint density at radius 1 is 0.438 bits per heavy atom. The number of para-hydroxylation sites is 1. The number of nitrogens with one attached hydrogen (secondary N) is 1. The lowest BCUT2D eigenvalue weighted by Crippen LogP contribution is -1.90. The van der Waals surface area contributed by atoms with Crippen LogP contribution in [0.25, 0.3) is 44.2 Å². The third kappa shape index (κ3) is 3.32. The summed E-state index contributed by atoms with van der Waals surface area (Å²) in [6.45, 7) is 0. The summed E-state index contributed by atoms with van der Waals surface area (Å²) in [5.74, 6) is 0. The molecular weight excluding hydrogens is 390 g/mol. The maximum absolute atomic E-state index is 6.02. The number of rotatable bonds is 4. The molecule has 0 saturated carbocycles. The van der Waals surface area contributed by atoms with Crippen molar-refractivity contribution in [1.82, 2.24) is 0 Å². The molecule has 0 unspecified atom stereocenters. The predicted octanol–water partition coefficient (Wildman–Crippen LogP) is 8.66.